The normalized spacial score (nSPS) is 11.1. The number of hydrogen-bond donors (Lipinski definition) is 1. The Morgan fingerprint density at radius 1 is 0.903 bits per heavy atom. The zero-order chi connectivity index (χ0) is 21.8. The van der Waals surface area contributed by atoms with Crippen LogP contribution < -0.4 is 14.9 Å². The molecule has 3 aromatic carbocycles. The van der Waals surface area contributed by atoms with Crippen molar-refractivity contribution in [3.63, 3.8) is 0 Å². The Labute approximate surface area is 189 Å². The van der Waals surface area contributed by atoms with E-state index in [9.17, 15) is 0 Å². The van der Waals surface area contributed by atoms with Crippen molar-refractivity contribution in [2.24, 2.45) is 5.10 Å². The molecule has 6 nitrogen and oxygen atoms in total. The lowest BCUT2D eigenvalue weighted by Gasteiger charge is -2.09. The van der Waals surface area contributed by atoms with E-state index >= 15 is 0 Å². The summed E-state index contributed by atoms with van der Waals surface area (Å²) in [5, 5.41) is 6.11. The minimum atomic E-state index is 0.440. The van der Waals surface area contributed by atoms with Crippen molar-refractivity contribution in [1.82, 2.24) is 9.97 Å². The van der Waals surface area contributed by atoms with Gasteiger partial charge in [0.15, 0.2) is 11.6 Å². The fourth-order valence-corrected chi connectivity index (χ4v) is 3.31. The van der Waals surface area contributed by atoms with E-state index in [4.69, 9.17) is 32.7 Å². The molecule has 0 radical (unpaired) electrons. The van der Waals surface area contributed by atoms with Gasteiger partial charge in [0.1, 0.15) is 11.5 Å². The molecular formula is C23H18Cl2N4O2. The van der Waals surface area contributed by atoms with E-state index in [1.165, 1.54) is 0 Å². The quantitative estimate of drug-likeness (QED) is 0.284. The van der Waals surface area contributed by atoms with Gasteiger partial charge in [0.05, 0.1) is 36.0 Å². The number of fused-ring (bicyclic) bond motifs is 1. The van der Waals surface area contributed by atoms with Crippen LogP contribution in [0, 0.1) is 0 Å². The van der Waals surface area contributed by atoms with E-state index in [0.717, 1.165) is 22.0 Å². The minimum absolute atomic E-state index is 0.440. The van der Waals surface area contributed by atoms with Crippen LogP contribution >= 0.6 is 23.2 Å². The minimum Gasteiger partial charge on any atom is -0.497 e. The molecular weight excluding hydrogens is 435 g/mol. The molecule has 8 heteroatoms. The summed E-state index contributed by atoms with van der Waals surface area (Å²) in [5.41, 5.74) is 5.35. The Kier molecular flexibility index (Phi) is 6.21. The molecule has 0 atom stereocenters. The number of methoxy groups -OCH3 is 2. The van der Waals surface area contributed by atoms with Gasteiger partial charge in [-0.3, -0.25) is 5.43 Å². The summed E-state index contributed by atoms with van der Waals surface area (Å²) < 4.78 is 10.6. The highest BCUT2D eigenvalue weighted by molar-refractivity contribution is 6.42. The first kappa shape index (κ1) is 20.9. The predicted octanol–water partition coefficient (Wildman–Crippen LogP) is 6.07. The van der Waals surface area contributed by atoms with Crippen molar-refractivity contribution in [2.75, 3.05) is 19.6 Å². The lowest BCUT2D eigenvalue weighted by molar-refractivity contribution is 0.394. The molecule has 0 aliphatic rings. The third-order valence-corrected chi connectivity index (χ3v) is 5.33. The molecule has 31 heavy (non-hydrogen) atoms. The van der Waals surface area contributed by atoms with Crippen LogP contribution in [0.3, 0.4) is 0 Å². The number of rotatable bonds is 6. The summed E-state index contributed by atoms with van der Waals surface area (Å²) in [7, 11) is 3.21. The van der Waals surface area contributed by atoms with Gasteiger partial charge in [0.2, 0.25) is 0 Å². The second-order valence-electron chi connectivity index (χ2n) is 6.52. The van der Waals surface area contributed by atoms with Crippen LogP contribution in [-0.4, -0.2) is 30.4 Å². The molecule has 0 spiro atoms. The number of para-hydroxylation sites is 1. The second-order valence-corrected chi connectivity index (χ2v) is 7.33. The molecule has 1 N–H and O–H groups in total. The maximum Gasteiger partial charge on any atom is 0.162 e. The SMILES string of the molecule is COc1ccc(C=NNc2nc(-c3ccc(Cl)c(Cl)c3)nc3ccccc23)c(OC)c1. The van der Waals surface area contributed by atoms with E-state index in [1.807, 2.05) is 42.5 Å². The Morgan fingerprint density at radius 2 is 1.74 bits per heavy atom. The molecule has 4 aromatic rings. The highest BCUT2D eigenvalue weighted by Gasteiger charge is 2.11. The maximum absolute atomic E-state index is 6.18. The number of benzene rings is 3. The molecule has 1 aromatic heterocycles. The van der Waals surface area contributed by atoms with Gasteiger partial charge >= 0.3 is 0 Å². The van der Waals surface area contributed by atoms with Crippen LogP contribution in [0.25, 0.3) is 22.3 Å². The topological polar surface area (TPSA) is 68.6 Å². The van der Waals surface area contributed by atoms with Gasteiger partial charge in [-0.1, -0.05) is 35.3 Å². The molecule has 1 heterocycles. The van der Waals surface area contributed by atoms with Crippen LogP contribution in [0.5, 0.6) is 11.5 Å². The van der Waals surface area contributed by atoms with Crippen molar-refractivity contribution in [1.29, 1.82) is 0 Å². The first-order valence-electron chi connectivity index (χ1n) is 9.32. The van der Waals surface area contributed by atoms with Crippen molar-refractivity contribution in [2.45, 2.75) is 0 Å². The van der Waals surface area contributed by atoms with Crippen LogP contribution in [0.1, 0.15) is 5.56 Å². The van der Waals surface area contributed by atoms with Gasteiger partial charge in [0, 0.05) is 22.6 Å². The largest absolute Gasteiger partial charge is 0.497 e. The van der Waals surface area contributed by atoms with Gasteiger partial charge in [-0.2, -0.15) is 5.10 Å². The molecule has 0 fully saturated rings. The summed E-state index contributed by atoms with van der Waals surface area (Å²) in [6.45, 7) is 0. The van der Waals surface area contributed by atoms with Crippen molar-refractivity contribution in [3.8, 4) is 22.9 Å². The fourth-order valence-electron chi connectivity index (χ4n) is 3.01. The number of ether oxygens (including phenoxy) is 2. The van der Waals surface area contributed by atoms with E-state index in [0.29, 0.717) is 33.2 Å². The van der Waals surface area contributed by atoms with Gasteiger partial charge in [-0.15, -0.1) is 0 Å². The van der Waals surface area contributed by atoms with E-state index in [1.54, 1.807) is 38.6 Å². The Hall–Kier alpha value is -3.35. The summed E-state index contributed by atoms with van der Waals surface area (Å²) in [6.07, 6.45) is 1.66. The smallest absolute Gasteiger partial charge is 0.162 e. The number of nitrogens with zero attached hydrogens (tertiary/aromatic N) is 3. The lowest BCUT2D eigenvalue weighted by Crippen LogP contribution is -2.00. The first-order chi connectivity index (χ1) is 15.1. The monoisotopic (exact) mass is 452 g/mol. The number of nitrogens with one attached hydrogen (secondary N) is 1. The van der Waals surface area contributed by atoms with Gasteiger partial charge < -0.3 is 9.47 Å². The standard InChI is InChI=1S/C23H18Cl2N4O2/c1-30-16-9-7-15(21(12-16)31-2)13-26-29-23-17-5-3-4-6-20(17)27-22(28-23)14-8-10-18(24)19(25)11-14/h3-13H,1-2H3,(H,27,28,29). The number of aromatic nitrogens is 2. The Bertz CT molecular complexity index is 1280. The number of hydrogen-bond acceptors (Lipinski definition) is 6. The number of hydrazone groups is 1. The van der Waals surface area contributed by atoms with Gasteiger partial charge in [-0.25, -0.2) is 9.97 Å². The molecule has 0 unspecified atom stereocenters. The van der Waals surface area contributed by atoms with Crippen LogP contribution in [-0.2, 0) is 0 Å². The lowest BCUT2D eigenvalue weighted by atomic mass is 10.2. The molecule has 0 saturated heterocycles. The third kappa shape index (κ3) is 4.55. The Balaban J connectivity index is 1.70. The third-order valence-electron chi connectivity index (χ3n) is 4.60. The zero-order valence-electron chi connectivity index (χ0n) is 16.8. The summed E-state index contributed by atoms with van der Waals surface area (Å²) in [4.78, 5) is 9.31. The van der Waals surface area contributed by atoms with E-state index < -0.39 is 0 Å². The molecule has 0 aliphatic carbocycles. The van der Waals surface area contributed by atoms with Crippen LogP contribution in [0.2, 0.25) is 10.0 Å². The highest BCUT2D eigenvalue weighted by atomic mass is 35.5. The van der Waals surface area contributed by atoms with Crippen LogP contribution in [0.15, 0.2) is 65.8 Å². The van der Waals surface area contributed by atoms with Gasteiger partial charge in [-0.05, 0) is 42.5 Å². The molecule has 156 valence electrons. The molecule has 0 amide bonds. The number of anilines is 1. The number of halogens is 2. The molecule has 4 rings (SSSR count). The molecule has 0 saturated carbocycles. The van der Waals surface area contributed by atoms with Gasteiger partial charge in [0.25, 0.3) is 0 Å². The average molecular weight is 453 g/mol. The molecule has 0 aliphatic heterocycles. The second kappa shape index (κ2) is 9.20. The predicted molar refractivity (Wildman–Crippen MR) is 126 cm³/mol. The molecule has 0 bridgehead atoms. The average Bonchev–Trinajstić information content (AvgIpc) is 2.80. The Morgan fingerprint density at radius 3 is 2.52 bits per heavy atom. The highest BCUT2D eigenvalue weighted by Crippen LogP contribution is 2.30. The zero-order valence-corrected chi connectivity index (χ0v) is 18.3. The summed E-state index contributed by atoms with van der Waals surface area (Å²) in [6, 6.07) is 18.5. The van der Waals surface area contributed by atoms with Crippen molar-refractivity contribution < 1.29 is 9.47 Å². The first-order valence-corrected chi connectivity index (χ1v) is 10.1. The fraction of sp³-hybridized carbons (Fsp3) is 0.0870. The van der Waals surface area contributed by atoms with Crippen molar-refractivity contribution in [3.05, 3.63) is 76.3 Å². The van der Waals surface area contributed by atoms with Crippen molar-refractivity contribution >= 4 is 46.1 Å². The van der Waals surface area contributed by atoms with E-state index in [-0.39, 0.29) is 0 Å². The van der Waals surface area contributed by atoms with Crippen LogP contribution in [0.4, 0.5) is 5.82 Å². The maximum atomic E-state index is 6.18. The summed E-state index contributed by atoms with van der Waals surface area (Å²) in [5.74, 6) is 2.43. The van der Waals surface area contributed by atoms with E-state index in [2.05, 4.69) is 20.5 Å². The summed E-state index contributed by atoms with van der Waals surface area (Å²) >= 11 is 12.2.